The van der Waals surface area contributed by atoms with Crippen molar-refractivity contribution in [3.63, 3.8) is 0 Å². The number of aryl methyl sites for hydroxylation is 9. The molecule has 0 radical (unpaired) electrons. The number of nitrogens with zero attached hydrogens (tertiary/aromatic N) is 2. The molecule has 298 valence electrons. The molecule has 9 nitrogen and oxygen atoms in total. The van der Waals surface area contributed by atoms with Crippen LogP contribution in [0.4, 0.5) is 17.1 Å². The Morgan fingerprint density at radius 3 is 1.09 bits per heavy atom. The molecular weight excluding hydrogens is 805 g/mol. The molecule has 6 aromatic rings. The van der Waals surface area contributed by atoms with Crippen molar-refractivity contribution in [2.75, 3.05) is 5.73 Å². The van der Waals surface area contributed by atoms with Crippen LogP contribution in [-0.2, 0) is 0 Å². The zero-order valence-electron chi connectivity index (χ0n) is 33.8. The van der Waals surface area contributed by atoms with Crippen LogP contribution in [0, 0.1) is 82.5 Å². The van der Waals surface area contributed by atoms with Crippen molar-refractivity contribution in [2.24, 2.45) is 0 Å². The van der Waals surface area contributed by atoms with Gasteiger partial charge in [-0.3, -0.25) is 20.2 Å². The van der Waals surface area contributed by atoms with Gasteiger partial charge in [-0.1, -0.05) is 92.3 Å². The summed E-state index contributed by atoms with van der Waals surface area (Å²) < 4.78 is 0.845. The molecule has 0 saturated heterocycles. The third-order valence-corrected chi connectivity index (χ3v) is 9.48. The van der Waals surface area contributed by atoms with Crippen LogP contribution >= 0.6 is 28.3 Å². The van der Waals surface area contributed by atoms with Crippen molar-refractivity contribution < 1.29 is 19.9 Å². The van der Waals surface area contributed by atoms with Crippen molar-refractivity contribution in [3.05, 3.63) is 184 Å². The first-order chi connectivity index (χ1) is 26.3. The molecule has 6 rings (SSSR count). The van der Waals surface area contributed by atoms with Crippen LogP contribution in [0.3, 0.4) is 0 Å². The number of benzene rings is 6. The third-order valence-electron chi connectivity index (χ3n) is 8.95. The van der Waals surface area contributed by atoms with E-state index in [4.69, 9.17) is 15.8 Å². The standard InChI is InChI=1S/C15H15NO2.C15H17N.C9H13BO2.C6H4BrNO2.ClH/c1-10-8-11(2)15(12(3)9-10)13-4-6-14(7-5-13)16(17)18;1-10-8-11(2)15(12(3)9-10)13-4-6-14(16)7-5-13;1-6-4-7(2)9(10(11)12)8(3)5-6;7-5-1-3-6(4-2-5)8(9)10;/h4-9H,1-3H3;4-9H,16H2,1-3H3;4-5,11-12H,1-3H3;1-4H;1H. The first kappa shape index (κ1) is 47.8. The first-order valence-electron chi connectivity index (χ1n) is 17.9. The van der Waals surface area contributed by atoms with E-state index in [0.29, 0.717) is 5.46 Å². The number of nitrogens with two attached hydrogens (primary N) is 1. The Labute approximate surface area is 350 Å². The zero-order valence-corrected chi connectivity index (χ0v) is 36.2. The molecule has 0 aliphatic carbocycles. The normalized spacial score (nSPS) is 9.96. The topological polar surface area (TPSA) is 153 Å². The summed E-state index contributed by atoms with van der Waals surface area (Å²) in [6.07, 6.45) is 0. The summed E-state index contributed by atoms with van der Waals surface area (Å²) in [6, 6.07) is 33.6. The van der Waals surface area contributed by atoms with Crippen LogP contribution in [-0.4, -0.2) is 27.0 Å². The number of nitro benzene ring substituents is 2. The highest BCUT2D eigenvalue weighted by molar-refractivity contribution is 9.10. The van der Waals surface area contributed by atoms with Crippen LogP contribution in [0.2, 0.25) is 0 Å². The molecule has 0 aliphatic rings. The summed E-state index contributed by atoms with van der Waals surface area (Å²) in [4.78, 5) is 19.9. The van der Waals surface area contributed by atoms with Crippen molar-refractivity contribution in [1.29, 1.82) is 0 Å². The molecule has 0 bridgehead atoms. The summed E-state index contributed by atoms with van der Waals surface area (Å²) >= 11 is 3.17. The fraction of sp³-hybridized carbons (Fsp3) is 0.200. The van der Waals surface area contributed by atoms with E-state index in [0.717, 1.165) is 38.0 Å². The Hall–Kier alpha value is -5.33. The van der Waals surface area contributed by atoms with Gasteiger partial charge in [-0.2, -0.15) is 0 Å². The van der Waals surface area contributed by atoms with Gasteiger partial charge in [-0.15, -0.1) is 12.4 Å². The van der Waals surface area contributed by atoms with E-state index < -0.39 is 12.0 Å². The number of nitrogen functional groups attached to an aromatic ring is 1. The fourth-order valence-electron chi connectivity index (χ4n) is 6.83. The predicted octanol–water partition coefficient (Wildman–Crippen LogP) is 11.1. The van der Waals surface area contributed by atoms with Gasteiger partial charge >= 0.3 is 7.12 Å². The Morgan fingerprint density at radius 1 is 0.509 bits per heavy atom. The van der Waals surface area contributed by atoms with Crippen LogP contribution in [0.15, 0.2) is 114 Å². The molecular formula is C45H50BBrClN3O6. The average Bonchev–Trinajstić information content (AvgIpc) is 3.09. The molecule has 6 aromatic carbocycles. The van der Waals surface area contributed by atoms with Gasteiger partial charge in [0.15, 0.2) is 0 Å². The Bertz CT molecular complexity index is 2230. The molecule has 0 amide bonds. The number of hydrogen-bond acceptors (Lipinski definition) is 7. The van der Waals surface area contributed by atoms with Gasteiger partial charge in [0.05, 0.1) is 9.85 Å². The molecule has 57 heavy (non-hydrogen) atoms. The monoisotopic (exact) mass is 853 g/mol. The SMILES string of the molecule is Cc1cc(C)c(-c2ccc(N)cc2)c(C)c1.Cc1cc(C)c(-c2ccc([N+](=O)[O-])cc2)c(C)c1.Cc1cc(C)c(B(O)O)c(C)c1.Cl.O=[N+]([O-])c1ccc(Br)cc1. The first-order valence-corrected chi connectivity index (χ1v) is 18.7. The number of halogens is 2. The van der Waals surface area contributed by atoms with Gasteiger partial charge in [-0.25, -0.2) is 0 Å². The summed E-state index contributed by atoms with van der Waals surface area (Å²) in [6.45, 7) is 18.4. The second-order valence-electron chi connectivity index (χ2n) is 13.9. The van der Waals surface area contributed by atoms with E-state index >= 15 is 0 Å². The molecule has 0 atom stereocenters. The van der Waals surface area contributed by atoms with E-state index in [2.05, 4.69) is 93.9 Å². The van der Waals surface area contributed by atoms with Gasteiger partial charge in [-0.05, 0) is 149 Å². The Morgan fingerprint density at radius 2 is 0.789 bits per heavy atom. The molecule has 4 N–H and O–H groups in total. The van der Waals surface area contributed by atoms with Crippen LogP contribution < -0.4 is 11.2 Å². The summed E-state index contributed by atoms with van der Waals surface area (Å²) in [5.41, 5.74) is 22.7. The minimum atomic E-state index is -1.36. The maximum Gasteiger partial charge on any atom is 0.488 e. The number of hydrogen-bond donors (Lipinski definition) is 3. The smallest absolute Gasteiger partial charge is 0.423 e. The lowest BCUT2D eigenvalue weighted by Gasteiger charge is -2.11. The quantitative estimate of drug-likeness (QED) is 0.0675. The largest absolute Gasteiger partial charge is 0.488 e. The zero-order chi connectivity index (χ0) is 41.9. The lowest BCUT2D eigenvalue weighted by molar-refractivity contribution is -0.385. The van der Waals surface area contributed by atoms with E-state index in [-0.39, 0.29) is 28.7 Å². The lowest BCUT2D eigenvalue weighted by Crippen LogP contribution is -2.34. The highest BCUT2D eigenvalue weighted by Crippen LogP contribution is 2.30. The van der Waals surface area contributed by atoms with E-state index in [1.165, 1.54) is 56.6 Å². The van der Waals surface area contributed by atoms with Crippen LogP contribution in [0.5, 0.6) is 0 Å². The molecule has 0 aromatic heterocycles. The average molecular weight is 855 g/mol. The van der Waals surface area contributed by atoms with E-state index in [9.17, 15) is 20.2 Å². The Kier molecular flexibility index (Phi) is 18.3. The van der Waals surface area contributed by atoms with Gasteiger partial charge in [0.2, 0.25) is 0 Å². The number of non-ortho nitro benzene ring substituents is 2. The fourth-order valence-corrected chi connectivity index (χ4v) is 7.10. The van der Waals surface area contributed by atoms with Crippen LogP contribution in [0.25, 0.3) is 22.3 Å². The molecule has 0 unspecified atom stereocenters. The van der Waals surface area contributed by atoms with Crippen molar-refractivity contribution >= 4 is 58.0 Å². The second kappa shape index (κ2) is 21.8. The maximum absolute atomic E-state index is 10.6. The van der Waals surface area contributed by atoms with Crippen molar-refractivity contribution in [3.8, 4) is 22.3 Å². The van der Waals surface area contributed by atoms with E-state index in [1.54, 1.807) is 24.3 Å². The third kappa shape index (κ3) is 14.0. The molecule has 0 heterocycles. The Balaban J connectivity index is 0.000000267. The number of rotatable bonds is 5. The molecule has 0 aliphatic heterocycles. The number of anilines is 1. The van der Waals surface area contributed by atoms with Gasteiger partial charge in [0.25, 0.3) is 11.4 Å². The van der Waals surface area contributed by atoms with Gasteiger partial charge < -0.3 is 15.8 Å². The number of nitro groups is 2. The highest BCUT2D eigenvalue weighted by Gasteiger charge is 2.16. The molecule has 12 heteroatoms. The lowest BCUT2D eigenvalue weighted by atomic mass is 9.74. The maximum atomic E-state index is 10.6. The highest BCUT2D eigenvalue weighted by atomic mass is 79.9. The van der Waals surface area contributed by atoms with Crippen molar-refractivity contribution in [2.45, 2.75) is 62.3 Å². The summed E-state index contributed by atoms with van der Waals surface area (Å²) in [7, 11) is -1.36. The second-order valence-corrected chi connectivity index (χ2v) is 14.8. The molecule has 0 saturated carbocycles. The van der Waals surface area contributed by atoms with Crippen LogP contribution in [0.1, 0.15) is 50.1 Å². The van der Waals surface area contributed by atoms with Gasteiger partial charge in [0, 0.05) is 34.4 Å². The summed E-state index contributed by atoms with van der Waals surface area (Å²) in [5, 5.41) is 38.8. The minimum Gasteiger partial charge on any atom is -0.423 e. The van der Waals surface area contributed by atoms with Crippen molar-refractivity contribution in [1.82, 2.24) is 0 Å². The van der Waals surface area contributed by atoms with Gasteiger partial charge in [0.1, 0.15) is 0 Å². The molecule has 0 spiro atoms. The predicted molar refractivity (Wildman–Crippen MR) is 242 cm³/mol. The summed E-state index contributed by atoms with van der Waals surface area (Å²) in [5.74, 6) is 0. The van der Waals surface area contributed by atoms with E-state index in [1.807, 2.05) is 57.2 Å². The minimum absolute atomic E-state index is 0. The molecule has 0 fully saturated rings.